The highest BCUT2D eigenvalue weighted by atomic mass is 19.4. The SMILES string of the molecule is CC(C)c1ncc2c(n1)CCC(C(=O)NCCNC(=O)c1cn(C3C=CC=CC3)nc1C(F)(F)F)C2. The number of halogens is 3. The van der Waals surface area contributed by atoms with Crippen molar-refractivity contribution >= 4 is 11.8 Å². The molecule has 4 rings (SSSR count). The number of hydrogen-bond acceptors (Lipinski definition) is 5. The Hall–Kier alpha value is -3.50. The first kappa shape index (κ1) is 25.6. The third kappa shape index (κ3) is 5.83. The second-order valence-electron chi connectivity index (χ2n) is 9.33. The topological polar surface area (TPSA) is 102 Å². The van der Waals surface area contributed by atoms with Crippen LogP contribution in [0.4, 0.5) is 13.2 Å². The first-order valence-corrected chi connectivity index (χ1v) is 12.0. The number of rotatable bonds is 7. The number of carbonyl (C=O) groups is 2. The molecule has 2 aromatic heterocycles. The van der Waals surface area contributed by atoms with Gasteiger partial charge in [-0.2, -0.15) is 18.3 Å². The van der Waals surface area contributed by atoms with E-state index in [0.717, 1.165) is 28.0 Å². The van der Waals surface area contributed by atoms with Crippen LogP contribution in [0.5, 0.6) is 0 Å². The maximum absolute atomic E-state index is 13.5. The zero-order valence-electron chi connectivity index (χ0n) is 20.2. The Morgan fingerprint density at radius 2 is 1.97 bits per heavy atom. The third-order valence-corrected chi connectivity index (χ3v) is 6.31. The number of nitrogens with one attached hydrogen (secondary N) is 2. The summed E-state index contributed by atoms with van der Waals surface area (Å²) in [4.78, 5) is 34.1. The molecule has 0 aliphatic heterocycles. The Labute approximate surface area is 207 Å². The summed E-state index contributed by atoms with van der Waals surface area (Å²) in [5, 5.41) is 8.87. The predicted octanol–water partition coefficient (Wildman–Crippen LogP) is 3.52. The van der Waals surface area contributed by atoms with Gasteiger partial charge in [0, 0.05) is 43.0 Å². The maximum Gasteiger partial charge on any atom is 0.435 e. The average Bonchev–Trinajstić information content (AvgIpc) is 3.33. The zero-order valence-corrected chi connectivity index (χ0v) is 20.2. The normalized spacial score (nSPS) is 19.3. The van der Waals surface area contributed by atoms with Crippen LogP contribution in [-0.2, 0) is 23.8 Å². The molecular weight excluding hydrogens is 473 g/mol. The molecular formula is C25H29F3N6O2. The van der Waals surface area contributed by atoms with E-state index in [9.17, 15) is 22.8 Å². The van der Waals surface area contributed by atoms with Crippen molar-refractivity contribution in [3.8, 4) is 0 Å². The number of aromatic nitrogens is 4. The molecule has 2 aliphatic rings. The van der Waals surface area contributed by atoms with Gasteiger partial charge in [-0.25, -0.2) is 9.97 Å². The molecule has 36 heavy (non-hydrogen) atoms. The van der Waals surface area contributed by atoms with Gasteiger partial charge in [0.1, 0.15) is 5.82 Å². The molecule has 2 aromatic rings. The standard InChI is InChI=1S/C25H29F3N6O2/c1-15(2)22-31-13-17-12-16(8-9-20(17)32-22)23(35)29-10-11-30-24(36)19-14-34(18-6-4-3-5-7-18)33-21(19)25(26,27)28/h3-6,13-16,18H,7-12H2,1-2H3,(H,29,35)(H,30,36). The van der Waals surface area contributed by atoms with Crippen LogP contribution in [0.1, 0.15) is 71.8 Å². The molecule has 2 aliphatic carbocycles. The summed E-state index contributed by atoms with van der Waals surface area (Å²) in [5.41, 5.74) is 0.169. The molecule has 0 spiro atoms. The van der Waals surface area contributed by atoms with E-state index in [4.69, 9.17) is 0 Å². The third-order valence-electron chi connectivity index (χ3n) is 6.31. The van der Waals surface area contributed by atoms with Gasteiger partial charge in [-0.3, -0.25) is 14.3 Å². The van der Waals surface area contributed by atoms with Gasteiger partial charge in [-0.1, -0.05) is 38.2 Å². The molecule has 2 atom stereocenters. The molecule has 2 amide bonds. The van der Waals surface area contributed by atoms with Gasteiger partial charge in [0.25, 0.3) is 5.91 Å². The van der Waals surface area contributed by atoms with E-state index in [1.54, 1.807) is 24.4 Å². The van der Waals surface area contributed by atoms with Crippen molar-refractivity contribution in [3.63, 3.8) is 0 Å². The molecule has 8 nitrogen and oxygen atoms in total. The lowest BCUT2D eigenvalue weighted by molar-refractivity contribution is -0.141. The number of alkyl halides is 3. The Bertz CT molecular complexity index is 1180. The van der Waals surface area contributed by atoms with E-state index in [1.165, 1.54) is 0 Å². The van der Waals surface area contributed by atoms with Crippen LogP contribution >= 0.6 is 0 Å². The van der Waals surface area contributed by atoms with E-state index in [2.05, 4.69) is 25.7 Å². The molecule has 192 valence electrons. The van der Waals surface area contributed by atoms with Crippen LogP contribution in [0.25, 0.3) is 0 Å². The minimum Gasteiger partial charge on any atom is -0.354 e. The Morgan fingerprint density at radius 3 is 2.67 bits per heavy atom. The predicted molar refractivity (Wildman–Crippen MR) is 126 cm³/mol. The van der Waals surface area contributed by atoms with Crippen LogP contribution in [0.2, 0.25) is 0 Å². The second kappa shape index (κ2) is 10.6. The number of aryl methyl sites for hydroxylation is 1. The van der Waals surface area contributed by atoms with Gasteiger partial charge >= 0.3 is 6.18 Å². The number of allylic oxidation sites excluding steroid dienone is 4. The molecule has 2 N–H and O–H groups in total. The molecule has 0 radical (unpaired) electrons. The highest BCUT2D eigenvalue weighted by Gasteiger charge is 2.39. The second-order valence-corrected chi connectivity index (χ2v) is 9.33. The Balaban J connectivity index is 1.30. The fourth-order valence-corrected chi connectivity index (χ4v) is 4.33. The van der Waals surface area contributed by atoms with Crippen LogP contribution < -0.4 is 10.6 Å². The molecule has 0 saturated heterocycles. The van der Waals surface area contributed by atoms with Crippen molar-refractivity contribution in [1.82, 2.24) is 30.4 Å². The van der Waals surface area contributed by atoms with Crippen molar-refractivity contribution < 1.29 is 22.8 Å². The minimum absolute atomic E-state index is 0.0106. The summed E-state index contributed by atoms with van der Waals surface area (Å²) in [6.07, 6.45) is 7.57. The minimum atomic E-state index is -4.77. The smallest absolute Gasteiger partial charge is 0.354 e. The number of nitrogens with zero attached hydrogens (tertiary/aromatic N) is 4. The van der Waals surface area contributed by atoms with Gasteiger partial charge in [-0.15, -0.1) is 0 Å². The monoisotopic (exact) mass is 502 g/mol. The molecule has 2 heterocycles. The molecule has 0 bridgehead atoms. The quantitative estimate of drug-likeness (QED) is 0.564. The Morgan fingerprint density at radius 1 is 1.19 bits per heavy atom. The lowest BCUT2D eigenvalue weighted by Gasteiger charge is -2.23. The highest BCUT2D eigenvalue weighted by molar-refractivity contribution is 5.95. The number of fused-ring (bicyclic) bond motifs is 1. The van der Waals surface area contributed by atoms with Gasteiger partial charge in [0.15, 0.2) is 5.69 Å². The van der Waals surface area contributed by atoms with Gasteiger partial charge in [0.2, 0.25) is 5.91 Å². The first-order chi connectivity index (χ1) is 17.1. The maximum atomic E-state index is 13.5. The van der Waals surface area contributed by atoms with Gasteiger partial charge in [0.05, 0.1) is 11.6 Å². The molecule has 0 saturated carbocycles. The summed E-state index contributed by atoms with van der Waals surface area (Å²) in [6.45, 7) is 4.15. The number of carbonyl (C=O) groups excluding carboxylic acids is 2. The summed E-state index contributed by atoms with van der Waals surface area (Å²) in [5.74, 6) is -0.269. The van der Waals surface area contributed by atoms with Crippen molar-refractivity contribution in [3.05, 3.63) is 65.0 Å². The fourth-order valence-electron chi connectivity index (χ4n) is 4.33. The summed E-state index contributed by atoms with van der Waals surface area (Å²) >= 11 is 0. The Kier molecular flexibility index (Phi) is 7.56. The zero-order chi connectivity index (χ0) is 25.9. The van der Waals surface area contributed by atoms with E-state index in [0.29, 0.717) is 25.7 Å². The summed E-state index contributed by atoms with van der Waals surface area (Å²) in [7, 11) is 0. The summed E-state index contributed by atoms with van der Waals surface area (Å²) < 4.78 is 41.7. The number of hydrogen-bond donors (Lipinski definition) is 2. The highest BCUT2D eigenvalue weighted by Crippen LogP contribution is 2.32. The van der Waals surface area contributed by atoms with E-state index >= 15 is 0 Å². The van der Waals surface area contributed by atoms with Gasteiger partial charge in [-0.05, 0) is 31.2 Å². The van der Waals surface area contributed by atoms with E-state index < -0.39 is 23.3 Å². The summed E-state index contributed by atoms with van der Waals surface area (Å²) in [6, 6.07) is -0.389. The van der Waals surface area contributed by atoms with Crippen molar-refractivity contribution in [2.75, 3.05) is 13.1 Å². The van der Waals surface area contributed by atoms with E-state index in [1.807, 2.05) is 19.9 Å². The van der Waals surface area contributed by atoms with Crippen LogP contribution in [-0.4, -0.2) is 44.7 Å². The largest absolute Gasteiger partial charge is 0.435 e. The fraction of sp³-hybridized carbons (Fsp3) is 0.480. The van der Waals surface area contributed by atoms with Crippen LogP contribution in [0.15, 0.2) is 36.7 Å². The van der Waals surface area contributed by atoms with Crippen molar-refractivity contribution in [2.45, 2.75) is 57.7 Å². The lowest BCUT2D eigenvalue weighted by Crippen LogP contribution is -2.39. The van der Waals surface area contributed by atoms with E-state index in [-0.39, 0.29) is 36.9 Å². The van der Waals surface area contributed by atoms with Crippen molar-refractivity contribution in [1.29, 1.82) is 0 Å². The molecule has 0 aromatic carbocycles. The van der Waals surface area contributed by atoms with Crippen LogP contribution in [0.3, 0.4) is 0 Å². The number of amides is 2. The molecule has 11 heteroatoms. The lowest BCUT2D eigenvalue weighted by atomic mass is 9.86. The average molecular weight is 503 g/mol. The van der Waals surface area contributed by atoms with Gasteiger partial charge < -0.3 is 10.6 Å². The van der Waals surface area contributed by atoms with Crippen LogP contribution in [0, 0.1) is 5.92 Å². The molecule has 2 unspecified atom stereocenters. The molecule has 0 fully saturated rings. The first-order valence-electron chi connectivity index (χ1n) is 12.0. The van der Waals surface area contributed by atoms with Crippen molar-refractivity contribution in [2.24, 2.45) is 5.92 Å².